The zero-order valence-electron chi connectivity index (χ0n) is 13.5. The first-order valence-electron chi connectivity index (χ1n) is 7.55. The lowest BCUT2D eigenvalue weighted by Crippen LogP contribution is -2.30. The standard InChI is InChI=1S/C17H18FN5O/c1-11(2)16-13(9-20-10-23-16)17(24)22-7-6-21-15-5-3-4-14(18)12(15)8-19/h3-5,9-11,21H,6-7H2,1-2H3,(H,22,24). The number of halogens is 1. The molecule has 1 amide bonds. The van der Waals surface area contributed by atoms with Crippen LogP contribution >= 0.6 is 0 Å². The van der Waals surface area contributed by atoms with Crippen LogP contribution in [0.2, 0.25) is 0 Å². The van der Waals surface area contributed by atoms with Crippen LogP contribution in [0, 0.1) is 17.1 Å². The molecule has 1 aromatic carbocycles. The zero-order chi connectivity index (χ0) is 17.5. The fraction of sp³-hybridized carbons (Fsp3) is 0.294. The summed E-state index contributed by atoms with van der Waals surface area (Å²) in [7, 11) is 0. The number of amides is 1. The number of nitriles is 1. The number of nitrogens with one attached hydrogen (secondary N) is 2. The molecule has 0 unspecified atom stereocenters. The summed E-state index contributed by atoms with van der Waals surface area (Å²) in [5.74, 6) is -0.729. The summed E-state index contributed by atoms with van der Waals surface area (Å²) in [6.45, 7) is 4.57. The summed E-state index contributed by atoms with van der Waals surface area (Å²) in [5.41, 5.74) is 1.49. The molecule has 1 aromatic heterocycles. The van der Waals surface area contributed by atoms with Crippen molar-refractivity contribution in [1.29, 1.82) is 5.26 Å². The SMILES string of the molecule is CC(C)c1ncncc1C(=O)NCCNc1cccc(F)c1C#N. The Morgan fingerprint density at radius 1 is 1.38 bits per heavy atom. The second-order valence-electron chi connectivity index (χ2n) is 5.43. The summed E-state index contributed by atoms with van der Waals surface area (Å²) >= 11 is 0. The molecule has 0 spiro atoms. The minimum absolute atomic E-state index is 0.0395. The van der Waals surface area contributed by atoms with Crippen LogP contribution in [0.5, 0.6) is 0 Å². The molecule has 0 radical (unpaired) electrons. The fourth-order valence-electron chi connectivity index (χ4n) is 2.23. The van der Waals surface area contributed by atoms with E-state index in [2.05, 4.69) is 20.6 Å². The summed E-state index contributed by atoms with van der Waals surface area (Å²) in [4.78, 5) is 20.3. The molecule has 0 aliphatic rings. The number of hydrogen-bond donors (Lipinski definition) is 2. The van der Waals surface area contributed by atoms with Gasteiger partial charge >= 0.3 is 0 Å². The Morgan fingerprint density at radius 3 is 2.88 bits per heavy atom. The summed E-state index contributed by atoms with van der Waals surface area (Å²) in [6, 6.07) is 6.19. The van der Waals surface area contributed by atoms with Gasteiger partial charge in [0.25, 0.3) is 5.91 Å². The van der Waals surface area contributed by atoms with Crippen LogP contribution in [0.1, 0.15) is 41.4 Å². The fourth-order valence-corrected chi connectivity index (χ4v) is 2.23. The number of rotatable bonds is 6. The monoisotopic (exact) mass is 327 g/mol. The average molecular weight is 327 g/mol. The van der Waals surface area contributed by atoms with Crippen LogP contribution in [0.4, 0.5) is 10.1 Å². The van der Waals surface area contributed by atoms with E-state index in [0.717, 1.165) is 0 Å². The Kier molecular flexibility index (Phi) is 5.79. The van der Waals surface area contributed by atoms with Crippen LogP contribution < -0.4 is 10.6 Å². The molecule has 0 fully saturated rings. The minimum Gasteiger partial charge on any atom is -0.382 e. The second kappa shape index (κ2) is 8.02. The van der Waals surface area contributed by atoms with Crippen molar-refractivity contribution in [2.24, 2.45) is 0 Å². The number of carbonyl (C=O) groups excluding carboxylic acids is 1. The Labute approximate surface area is 139 Å². The van der Waals surface area contributed by atoms with Crippen molar-refractivity contribution in [3.8, 4) is 6.07 Å². The van der Waals surface area contributed by atoms with Crippen LogP contribution in [-0.4, -0.2) is 29.0 Å². The lowest BCUT2D eigenvalue weighted by molar-refractivity contribution is 0.0953. The first-order chi connectivity index (χ1) is 11.5. The van der Waals surface area contributed by atoms with E-state index in [4.69, 9.17) is 5.26 Å². The van der Waals surface area contributed by atoms with Crippen LogP contribution in [0.15, 0.2) is 30.7 Å². The smallest absolute Gasteiger partial charge is 0.254 e. The Morgan fingerprint density at radius 2 is 2.17 bits per heavy atom. The van der Waals surface area contributed by atoms with Gasteiger partial charge in [-0.3, -0.25) is 4.79 Å². The molecule has 1 heterocycles. The van der Waals surface area contributed by atoms with Gasteiger partial charge in [-0.1, -0.05) is 19.9 Å². The number of nitrogens with zero attached hydrogens (tertiary/aromatic N) is 3. The van der Waals surface area contributed by atoms with Gasteiger partial charge in [-0.15, -0.1) is 0 Å². The third-order valence-electron chi connectivity index (χ3n) is 3.39. The quantitative estimate of drug-likeness (QED) is 0.795. The normalized spacial score (nSPS) is 10.3. The van der Waals surface area contributed by atoms with Crippen molar-refractivity contribution in [3.63, 3.8) is 0 Å². The molecule has 24 heavy (non-hydrogen) atoms. The van der Waals surface area contributed by atoms with Crippen LogP contribution in [-0.2, 0) is 0 Å². The van der Waals surface area contributed by atoms with E-state index in [1.54, 1.807) is 6.07 Å². The number of benzene rings is 1. The molecule has 0 aliphatic carbocycles. The predicted molar refractivity (Wildman–Crippen MR) is 88.1 cm³/mol. The number of aromatic nitrogens is 2. The van der Waals surface area contributed by atoms with Gasteiger partial charge in [-0.2, -0.15) is 5.26 Å². The van der Waals surface area contributed by atoms with Gasteiger partial charge in [-0.25, -0.2) is 14.4 Å². The Balaban J connectivity index is 1.93. The number of anilines is 1. The molecular weight excluding hydrogens is 309 g/mol. The maximum Gasteiger partial charge on any atom is 0.254 e. The van der Waals surface area contributed by atoms with Crippen molar-refractivity contribution in [2.75, 3.05) is 18.4 Å². The molecule has 0 saturated heterocycles. The number of hydrogen-bond acceptors (Lipinski definition) is 5. The first-order valence-corrected chi connectivity index (χ1v) is 7.55. The van der Waals surface area contributed by atoms with Crippen molar-refractivity contribution in [1.82, 2.24) is 15.3 Å². The third kappa shape index (κ3) is 4.04. The largest absolute Gasteiger partial charge is 0.382 e. The molecular formula is C17H18FN5O. The molecule has 0 bridgehead atoms. The van der Waals surface area contributed by atoms with Crippen molar-refractivity contribution in [2.45, 2.75) is 19.8 Å². The first kappa shape index (κ1) is 17.3. The lowest BCUT2D eigenvalue weighted by atomic mass is 10.0. The molecule has 0 atom stereocenters. The molecule has 2 aromatic rings. The maximum absolute atomic E-state index is 13.5. The maximum atomic E-state index is 13.5. The zero-order valence-corrected chi connectivity index (χ0v) is 13.5. The van der Waals surface area contributed by atoms with E-state index in [1.165, 1.54) is 24.7 Å². The molecule has 6 nitrogen and oxygen atoms in total. The predicted octanol–water partition coefficient (Wildman–Crippen LogP) is 2.45. The highest BCUT2D eigenvalue weighted by Gasteiger charge is 2.15. The van der Waals surface area contributed by atoms with Gasteiger partial charge in [-0.05, 0) is 18.1 Å². The summed E-state index contributed by atoms with van der Waals surface area (Å²) in [5, 5.41) is 14.7. The highest BCUT2D eigenvalue weighted by atomic mass is 19.1. The Hall–Kier alpha value is -3.01. The van der Waals surface area contributed by atoms with Gasteiger partial charge in [0.05, 0.1) is 16.9 Å². The third-order valence-corrected chi connectivity index (χ3v) is 3.39. The molecule has 0 saturated carbocycles. The van der Waals surface area contributed by atoms with Gasteiger partial charge in [0.1, 0.15) is 23.8 Å². The van der Waals surface area contributed by atoms with Crippen molar-refractivity contribution >= 4 is 11.6 Å². The summed E-state index contributed by atoms with van der Waals surface area (Å²) < 4.78 is 13.5. The second-order valence-corrected chi connectivity index (χ2v) is 5.43. The molecule has 124 valence electrons. The van der Waals surface area contributed by atoms with Crippen LogP contribution in [0.3, 0.4) is 0 Å². The van der Waals surface area contributed by atoms with E-state index in [0.29, 0.717) is 30.0 Å². The highest BCUT2D eigenvalue weighted by Crippen LogP contribution is 2.17. The lowest BCUT2D eigenvalue weighted by Gasteiger charge is -2.12. The van der Waals surface area contributed by atoms with Gasteiger partial charge in [0, 0.05) is 19.3 Å². The minimum atomic E-state index is -0.574. The van der Waals surface area contributed by atoms with Gasteiger partial charge in [0.2, 0.25) is 0 Å². The van der Waals surface area contributed by atoms with Gasteiger partial charge < -0.3 is 10.6 Å². The molecule has 2 rings (SSSR count). The molecule has 2 N–H and O–H groups in total. The highest BCUT2D eigenvalue weighted by molar-refractivity contribution is 5.95. The van der Waals surface area contributed by atoms with E-state index in [9.17, 15) is 9.18 Å². The molecule has 0 aliphatic heterocycles. The topological polar surface area (TPSA) is 90.7 Å². The van der Waals surface area contributed by atoms with Crippen LogP contribution in [0.25, 0.3) is 0 Å². The van der Waals surface area contributed by atoms with E-state index in [1.807, 2.05) is 19.9 Å². The average Bonchev–Trinajstić information content (AvgIpc) is 2.58. The number of carbonyl (C=O) groups is 1. The van der Waals surface area contributed by atoms with E-state index < -0.39 is 5.82 Å². The van der Waals surface area contributed by atoms with E-state index >= 15 is 0 Å². The van der Waals surface area contributed by atoms with E-state index in [-0.39, 0.29) is 17.4 Å². The molecule has 7 heteroatoms. The Bertz CT molecular complexity index is 770. The van der Waals surface area contributed by atoms with Crippen molar-refractivity contribution in [3.05, 3.63) is 53.4 Å². The summed E-state index contributed by atoms with van der Waals surface area (Å²) in [6.07, 6.45) is 2.91. The van der Waals surface area contributed by atoms with Crippen molar-refractivity contribution < 1.29 is 9.18 Å². The van der Waals surface area contributed by atoms with Gasteiger partial charge in [0.15, 0.2) is 0 Å².